The number of hydrogen-bond donors (Lipinski definition) is 3. The van der Waals surface area contributed by atoms with E-state index in [0.29, 0.717) is 31.3 Å². The Bertz CT molecular complexity index is 617. The molecule has 1 rings (SSSR count). The van der Waals surface area contributed by atoms with Crippen LogP contribution in [-0.2, 0) is 16.0 Å². The van der Waals surface area contributed by atoms with Gasteiger partial charge in [0.05, 0.1) is 0 Å². The van der Waals surface area contributed by atoms with Crippen LogP contribution in [0.2, 0.25) is 0 Å². The Balaban J connectivity index is 2.45. The molecule has 3 N–H and O–H groups in total. The molecule has 170 valence electrons. The predicted molar refractivity (Wildman–Crippen MR) is 133 cm³/mol. The number of amides is 2. The summed E-state index contributed by atoms with van der Waals surface area (Å²) in [7, 11) is 0. The van der Waals surface area contributed by atoms with Crippen LogP contribution in [0.4, 0.5) is 0 Å². The van der Waals surface area contributed by atoms with Crippen molar-refractivity contribution in [2.75, 3.05) is 13.1 Å². The molecule has 2 amide bonds. The Hall–Kier alpha value is -1.15. The Morgan fingerprint density at radius 1 is 0.933 bits per heavy atom. The van der Waals surface area contributed by atoms with Crippen LogP contribution in [-0.4, -0.2) is 37.0 Å². The highest BCUT2D eigenvalue weighted by molar-refractivity contribution is 14.1. The highest BCUT2D eigenvalue weighted by atomic mass is 127. The largest absolute Gasteiger partial charge is 0.354 e. The zero-order valence-electron chi connectivity index (χ0n) is 19.1. The van der Waals surface area contributed by atoms with E-state index in [0.717, 1.165) is 38.6 Å². The van der Waals surface area contributed by atoms with E-state index in [4.69, 9.17) is 0 Å². The molecule has 0 aliphatic heterocycles. The number of carbonyl (C=O) groups is 2. The van der Waals surface area contributed by atoms with E-state index in [9.17, 15) is 9.59 Å². The maximum atomic E-state index is 12.6. The Morgan fingerprint density at radius 3 is 2.23 bits per heavy atom. The lowest BCUT2D eigenvalue weighted by Crippen LogP contribution is -2.47. The molecular formula is C24H40IN3O2. The number of rotatable bonds is 15. The van der Waals surface area contributed by atoms with Crippen molar-refractivity contribution >= 4 is 34.4 Å². The lowest BCUT2D eigenvalue weighted by molar-refractivity contribution is -0.129. The van der Waals surface area contributed by atoms with Crippen LogP contribution < -0.4 is 16.0 Å². The van der Waals surface area contributed by atoms with E-state index in [2.05, 4.69) is 90.5 Å². The van der Waals surface area contributed by atoms with Gasteiger partial charge in [-0.05, 0) is 91.3 Å². The van der Waals surface area contributed by atoms with Gasteiger partial charge in [0.25, 0.3) is 0 Å². The van der Waals surface area contributed by atoms with Crippen LogP contribution in [0.5, 0.6) is 0 Å². The molecule has 0 spiro atoms. The monoisotopic (exact) mass is 529 g/mol. The number of aryl methyl sites for hydroxylation is 1. The van der Waals surface area contributed by atoms with Gasteiger partial charge in [-0.1, -0.05) is 39.8 Å². The third kappa shape index (κ3) is 13.2. The number of hydrogen-bond acceptors (Lipinski definition) is 3. The molecule has 0 fully saturated rings. The first-order valence-corrected chi connectivity index (χ1v) is 12.4. The molecule has 6 heteroatoms. The Morgan fingerprint density at radius 2 is 1.60 bits per heavy atom. The van der Waals surface area contributed by atoms with Crippen molar-refractivity contribution in [3.63, 3.8) is 0 Å². The molecule has 1 aromatic rings. The fourth-order valence-corrected chi connectivity index (χ4v) is 3.54. The maximum Gasteiger partial charge on any atom is 0.242 e. The summed E-state index contributed by atoms with van der Waals surface area (Å²) < 4.78 is 1.21. The van der Waals surface area contributed by atoms with Gasteiger partial charge in [0.15, 0.2) is 0 Å². The number of benzene rings is 1. The summed E-state index contributed by atoms with van der Waals surface area (Å²) in [4.78, 5) is 25.1. The first-order chi connectivity index (χ1) is 14.3. The summed E-state index contributed by atoms with van der Waals surface area (Å²) in [5.74, 6) is 0.529. The van der Waals surface area contributed by atoms with Gasteiger partial charge in [0.2, 0.25) is 11.8 Å². The summed E-state index contributed by atoms with van der Waals surface area (Å²) in [6.45, 7) is 10.1. The van der Waals surface area contributed by atoms with Gasteiger partial charge < -0.3 is 16.0 Å². The van der Waals surface area contributed by atoms with Gasteiger partial charge >= 0.3 is 0 Å². The lowest BCUT2D eigenvalue weighted by atomic mass is 10.1. The first kappa shape index (κ1) is 26.9. The van der Waals surface area contributed by atoms with E-state index in [-0.39, 0.29) is 11.8 Å². The normalized spacial score (nSPS) is 12.2. The van der Waals surface area contributed by atoms with Gasteiger partial charge in [-0.2, -0.15) is 0 Å². The Kier molecular flexibility index (Phi) is 14.0. The molecule has 0 saturated carbocycles. The molecule has 1 aromatic carbocycles. The van der Waals surface area contributed by atoms with Crippen molar-refractivity contribution in [3.05, 3.63) is 33.4 Å². The summed E-state index contributed by atoms with van der Waals surface area (Å²) >= 11 is 2.29. The minimum Gasteiger partial charge on any atom is -0.354 e. The standard InChI is InChI=1S/C24H40IN3O2/c1-18(2)8-6-17-27-24(30)22(10-7-16-26-19(3)4)28-23(29)11-5-9-20-12-14-21(25)15-13-20/h12-15,18-19,22,26H,5-11,16-17H2,1-4H3,(H,27,30)(H,28,29)/t22-/m1/s1. The quantitative estimate of drug-likeness (QED) is 0.233. The van der Waals surface area contributed by atoms with Crippen molar-refractivity contribution in [1.29, 1.82) is 0 Å². The fraction of sp³-hybridized carbons (Fsp3) is 0.667. The average Bonchev–Trinajstić information content (AvgIpc) is 2.68. The van der Waals surface area contributed by atoms with E-state index in [1.807, 2.05) is 0 Å². The van der Waals surface area contributed by atoms with Crippen molar-refractivity contribution < 1.29 is 9.59 Å². The van der Waals surface area contributed by atoms with Crippen LogP contribution in [0, 0.1) is 9.49 Å². The third-order valence-electron chi connectivity index (χ3n) is 4.91. The molecule has 0 heterocycles. The molecule has 0 bridgehead atoms. The van der Waals surface area contributed by atoms with Crippen LogP contribution in [0.3, 0.4) is 0 Å². The van der Waals surface area contributed by atoms with E-state index in [1.165, 1.54) is 9.13 Å². The number of halogens is 1. The molecule has 0 aliphatic carbocycles. The highest BCUT2D eigenvalue weighted by Gasteiger charge is 2.20. The molecule has 0 unspecified atom stereocenters. The fourth-order valence-electron chi connectivity index (χ4n) is 3.18. The van der Waals surface area contributed by atoms with E-state index >= 15 is 0 Å². The minimum absolute atomic E-state index is 0.0420. The van der Waals surface area contributed by atoms with Gasteiger partial charge in [-0.15, -0.1) is 0 Å². The van der Waals surface area contributed by atoms with Crippen molar-refractivity contribution in [1.82, 2.24) is 16.0 Å². The van der Waals surface area contributed by atoms with Gasteiger partial charge in [-0.25, -0.2) is 0 Å². The second-order valence-electron chi connectivity index (χ2n) is 8.68. The smallest absolute Gasteiger partial charge is 0.242 e. The highest BCUT2D eigenvalue weighted by Crippen LogP contribution is 2.10. The summed E-state index contributed by atoms with van der Waals surface area (Å²) in [5, 5.41) is 9.34. The number of carbonyl (C=O) groups excluding carboxylic acids is 2. The third-order valence-corrected chi connectivity index (χ3v) is 5.63. The van der Waals surface area contributed by atoms with Crippen LogP contribution in [0.15, 0.2) is 24.3 Å². The minimum atomic E-state index is -0.455. The molecule has 0 saturated heterocycles. The first-order valence-electron chi connectivity index (χ1n) is 11.3. The number of nitrogens with one attached hydrogen (secondary N) is 3. The van der Waals surface area contributed by atoms with E-state index < -0.39 is 6.04 Å². The van der Waals surface area contributed by atoms with Crippen molar-refractivity contribution in [3.8, 4) is 0 Å². The van der Waals surface area contributed by atoms with Crippen LogP contribution >= 0.6 is 22.6 Å². The topological polar surface area (TPSA) is 70.2 Å². The van der Waals surface area contributed by atoms with E-state index in [1.54, 1.807) is 0 Å². The van der Waals surface area contributed by atoms with Gasteiger partial charge in [0.1, 0.15) is 6.04 Å². The van der Waals surface area contributed by atoms with Crippen molar-refractivity contribution in [2.24, 2.45) is 5.92 Å². The second-order valence-corrected chi connectivity index (χ2v) is 9.92. The maximum absolute atomic E-state index is 12.6. The molecule has 0 radical (unpaired) electrons. The zero-order valence-corrected chi connectivity index (χ0v) is 21.3. The molecular weight excluding hydrogens is 489 g/mol. The van der Waals surface area contributed by atoms with Crippen LogP contribution in [0.1, 0.15) is 71.8 Å². The molecule has 0 aromatic heterocycles. The SMILES string of the molecule is CC(C)CCCNC(=O)[C@@H](CCCNC(C)C)NC(=O)CCCc1ccc(I)cc1. The second kappa shape index (κ2) is 15.6. The predicted octanol–water partition coefficient (Wildman–Crippen LogP) is 4.43. The zero-order chi connectivity index (χ0) is 22.4. The average molecular weight is 530 g/mol. The molecule has 5 nitrogen and oxygen atoms in total. The summed E-state index contributed by atoms with van der Waals surface area (Å²) in [5.41, 5.74) is 1.24. The lowest BCUT2D eigenvalue weighted by Gasteiger charge is -2.19. The molecule has 1 atom stereocenters. The van der Waals surface area contributed by atoms with Crippen LogP contribution in [0.25, 0.3) is 0 Å². The summed E-state index contributed by atoms with van der Waals surface area (Å²) in [6, 6.07) is 8.35. The Labute approximate surface area is 196 Å². The van der Waals surface area contributed by atoms with Gasteiger partial charge in [0, 0.05) is 22.6 Å². The molecule has 0 aliphatic rings. The van der Waals surface area contributed by atoms with Crippen molar-refractivity contribution in [2.45, 2.75) is 84.7 Å². The molecule has 30 heavy (non-hydrogen) atoms. The summed E-state index contributed by atoms with van der Waals surface area (Å²) in [6.07, 6.45) is 5.65. The van der Waals surface area contributed by atoms with Gasteiger partial charge in [-0.3, -0.25) is 9.59 Å².